The summed E-state index contributed by atoms with van der Waals surface area (Å²) >= 11 is 1.77. The summed E-state index contributed by atoms with van der Waals surface area (Å²) < 4.78 is 5.46. The topological polar surface area (TPSA) is 34.1 Å². The highest BCUT2D eigenvalue weighted by Gasteiger charge is 2.18. The van der Waals surface area contributed by atoms with Crippen LogP contribution in [0, 0.1) is 0 Å². The van der Waals surface area contributed by atoms with Gasteiger partial charge in [0.2, 0.25) is 0 Å². The van der Waals surface area contributed by atoms with Crippen LogP contribution in [0.4, 0.5) is 0 Å². The quantitative estimate of drug-likeness (QED) is 0.793. The Bertz CT molecular complexity index is 321. The largest absolute Gasteiger partial charge is 0.378 e. The van der Waals surface area contributed by atoms with E-state index in [1.54, 1.807) is 11.3 Å². The highest BCUT2D eigenvalue weighted by Crippen LogP contribution is 2.21. The van der Waals surface area contributed by atoms with Crippen LogP contribution >= 0.6 is 11.3 Å². The molecule has 1 aliphatic rings. The van der Waals surface area contributed by atoms with Crippen molar-refractivity contribution in [2.75, 3.05) is 19.8 Å². The number of morpholine rings is 1. The summed E-state index contributed by atoms with van der Waals surface area (Å²) in [5.74, 6) is 0. The van der Waals surface area contributed by atoms with Crippen LogP contribution in [0.3, 0.4) is 0 Å². The fraction of sp³-hybridized carbons (Fsp3) is 0.769. The molecule has 1 fully saturated rings. The first-order valence-corrected chi connectivity index (χ1v) is 7.53. The van der Waals surface area contributed by atoms with Crippen molar-refractivity contribution < 1.29 is 4.74 Å². The minimum atomic E-state index is 0.318. The monoisotopic (exact) mass is 254 g/mol. The first-order valence-electron chi connectivity index (χ1n) is 6.65. The summed E-state index contributed by atoms with van der Waals surface area (Å²) in [6, 6.07) is 0.318. The van der Waals surface area contributed by atoms with E-state index in [4.69, 9.17) is 9.72 Å². The number of nitrogens with zero attached hydrogens (tertiary/aromatic N) is 1. The number of aromatic nitrogens is 1. The second-order valence-corrected chi connectivity index (χ2v) is 5.46. The summed E-state index contributed by atoms with van der Waals surface area (Å²) in [7, 11) is 0. The van der Waals surface area contributed by atoms with E-state index in [1.807, 2.05) is 0 Å². The van der Waals surface area contributed by atoms with E-state index < -0.39 is 0 Å². The smallest absolute Gasteiger partial charge is 0.112 e. The predicted octanol–water partition coefficient (Wildman–Crippen LogP) is 2.93. The maximum atomic E-state index is 5.46. The minimum absolute atomic E-state index is 0.318. The zero-order valence-corrected chi connectivity index (χ0v) is 11.4. The number of rotatable bonds is 6. The molecule has 1 aromatic rings. The molecule has 96 valence electrons. The minimum Gasteiger partial charge on any atom is -0.378 e. The Morgan fingerprint density at radius 3 is 3.18 bits per heavy atom. The highest BCUT2D eigenvalue weighted by atomic mass is 32.1. The molecular weight excluding hydrogens is 232 g/mol. The van der Waals surface area contributed by atoms with Crippen LogP contribution in [0.15, 0.2) is 5.38 Å². The van der Waals surface area contributed by atoms with Crippen molar-refractivity contribution >= 4 is 11.3 Å². The van der Waals surface area contributed by atoms with E-state index in [0.29, 0.717) is 6.04 Å². The Hall–Kier alpha value is -0.450. The Labute approximate surface area is 108 Å². The van der Waals surface area contributed by atoms with Gasteiger partial charge < -0.3 is 10.1 Å². The van der Waals surface area contributed by atoms with E-state index in [9.17, 15) is 0 Å². The molecule has 0 spiro atoms. The summed E-state index contributed by atoms with van der Waals surface area (Å²) in [5, 5.41) is 6.84. The van der Waals surface area contributed by atoms with Gasteiger partial charge in [0.15, 0.2) is 0 Å². The summed E-state index contributed by atoms with van der Waals surface area (Å²) in [6.45, 7) is 4.78. The third-order valence-corrected chi connectivity index (χ3v) is 4.08. The van der Waals surface area contributed by atoms with Crippen LogP contribution < -0.4 is 5.32 Å². The zero-order valence-electron chi connectivity index (χ0n) is 10.6. The number of ether oxygens (including phenoxy) is 1. The lowest BCUT2D eigenvalue weighted by atomic mass is 10.1. The van der Waals surface area contributed by atoms with Crippen molar-refractivity contribution in [1.29, 1.82) is 0 Å². The summed E-state index contributed by atoms with van der Waals surface area (Å²) in [4.78, 5) is 4.71. The van der Waals surface area contributed by atoms with Crippen molar-refractivity contribution in [3.8, 4) is 0 Å². The highest BCUT2D eigenvalue weighted by molar-refractivity contribution is 7.09. The number of hydrogen-bond donors (Lipinski definition) is 1. The Balaban J connectivity index is 1.78. The third kappa shape index (κ3) is 4.05. The molecule has 4 heteroatoms. The number of aryl methyl sites for hydroxylation is 1. The first-order chi connectivity index (χ1) is 8.40. The lowest BCUT2D eigenvalue weighted by Crippen LogP contribution is -2.34. The average molecular weight is 254 g/mol. The third-order valence-electron chi connectivity index (χ3n) is 3.08. The van der Waals surface area contributed by atoms with Gasteiger partial charge in [-0.05, 0) is 12.8 Å². The van der Waals surface area contributed by atoms with E-state index >= 15 is 0 Å². The number of hydrogen-bond acceptors (Lipinski definition) is 4. The van der Waals surface area contributed by atoms with Crippen molar-refractivity contribution in [3.05, 3.63) is 16.1 Å². The molecule has 0 bridgehead atoms. The zero-order chi connectivity index (χ0) is 11.9. The average Bonchev–Trinajstić information content (AvgIpc) is 2.85. The van der Waals surface area contributed by atoms with Gasteiger partial charge in [-0.2, -0.15) is 0 Å². The van der Waals surface area contributed by atoms with E-state index in [2.05, 4.69) is 17.6 Å². The van der Waals surface area contributed by atoms with Crippen molar-refractivity contribution in [3.63, 3.8) is 0 Å². The molecule has 0 saturated carbocycles. The van der Waals surface area contributed by atoms with Gasteiger partial charge in [0.1, 0.15) is 5.01 Å². The molecule has 1 atom stereocenters. The molecule has 1 unspecified atom stereocenters. The van der Waals surface area contributed by atoms with Crippen LogP contribution in [0.25, 0.3) is 0 Å². The van der Waals surface area contributed by atoms with Crippen LogP contribution in [-0.4, -0.2) is 24.7 Å². The molecule has 17 heavy (non-hydrogen) atoms. The van der Waals surface area contributed by atoms with Gasteiger partial charge >= 0.3 is 0 Å². The molecule has 1 N–H and O–H groups in total. The first kappa shape index (κ1) is 13.0. The van der Waals surface area contributed by atoms with Gasteiger partial charge in [-0.3, -0.25) is 0 Å². The van der Waals surface area contributed by atoms with E-state index in [-0.39, 0.29) is 0 Å². The fourth-order valence-corrected chi connectivity index (χ4v) is 2.97. The molecule has 1 aromatic heterocycles. The van der Waals surface area contributed by atoms with Gasteiger partial charge in [0.25, 0.3) is 0 Å². The van der Waals surface area contributed by atoms with E-state index in [0.717, 1.165) is 26.2 Å². The van der Waals surface area contributed by atoms with Gasteiger partial charge in [0, 0.05) is 11.9 Å². The SMILES string of the molecule is CCCCCCc1csc(C2COCCN2)n1. The second-order valence-electron chi connectivity index (χ2n) is 4.57. The Kier molecular flexibility index (Phi) is 5.42. The molecule has 1 aliphatic heterocycles. The maximum absolute atomic E-state index is 5.46. The molecule has 3 nitrogen and oxygen atoms in total. The molecule has 1 saturated heterocycles. The van der Waals surface area contributed by atoms with Gasteiger partial charge in [-0.1, -0.05) is 26.2 Å². The summed E-state index contributed by atoms with van der Waals surface area (Å²) in [5.41, 5.74) is 1.26. The van der Waals surface area contributed by atoms with Crippen molar-refractivity contribution in [1.82, 2.24) is 10.3 Å². The van der Waals surface area contributed by atoms with Crippen molar-refractivity contribution in [2.24, 2.45) is 0 Å². The number of unbranched alkanes of at least 4 members (excludes halogenated alkanes) is 3. The van der Waals surface area contributed by atoms with Crippen LogP contribution in [0.5, 0.6) is 0 Å². The predicted molar refractivity (Wildman–Crippen MR) is 71.5 cm³/mol. The molecule has 0 aromatic carbocycles. The molecule has 2 rings (SSSR count). The van der Waals surface area contributed by atoms with Crippen molar-refractivity contribution in [2.45, 2.75) is 45.1 Å². The number of thiazole rings is 1. The van der Waals surface area contributed by atoms with Crippen LogP contribution in [-0.2, 0) is 11.2 Å². The fourth-order valence-electron chi connectivity index (χ4n) is 2.05. The molecule has 0 amide bonds. The Morgan fingerprint density at radius 2 is 2.41 bits per heavy atom. The maximum Gasteiger partial charge on any atom is 0.112 e. The van der Waals surface area contributed by atoms with Crippen LogP contribution in [0.1, 0.15) is 49.4 Å². The second kappa shape index (κ2) is 7.09. The number of nitrogens with one attached hydrogen (secondary N) is 1. The van der Waals surface area contributed by atoms with Gasteiger partial charge in [-0.25, -0.2) is 4.98 Å². The van der Waals surface area contributed by atoms with Gasteiger partial charge in [-0.15, -0.1) is 11.3 Å². The standard InChI is InChI=1S/C13H22N2OS/c1-2-3-4-5-6-11-10-17-13(15-11)12-9-16-8-7-14-12/h10,12,14H,2-9H2,1H3. The van der Waals surface area contributed by atoms with Gasteiger partial charge in [0.05, 0.1) is 24.9 Å². The molecule has 0 radical (unpaired) electrons. The molecule has 2 heterocycles. The van der Waals surface area contributed by atoms with Crippen LogP contribution in [0.2, 0.25) is 0 Å². The molecule has 0 aliphatic carbocycles. The van der Waals surface area contributed by atoms with E-state index in [1.165, 1.54) is 36.4 Å². The Morgan fingerprint density at radius 1 is 1.47 bits per heavy atom. The summed E-state index contributed by atoms with van der Waals surface area (Å²) in [6.07, 6.45) is 6.37. The lowest BCUT2D eigenvalue weighted by molar-refractivity contribution is 0.0767. The molecular formula is C13H22N2OS. The lowest BCUT2D eigenvalue weighted by Gasteiger charge is -2.21. The normalized spacial score (nSPS) is 20.6.